The number of benzene rings is 1. The predicted molar refractivity (Wildman–Crippen MR) is 58.1 cm³/mol. The van der Waals surface area contributed by atoms with E-state index in [1.807, 2.05) is 0 Å². The fourth-order valence-electron chi connectivity index (χ4n) is 1.89. The summed E-state index contributed by atoms with van der Waals surface area (Å²) >= 11 is 0. The van der Waals surface area contributed by atoms with Crippen LogP contribution in [0.25, 0.3) is 5.69 Å². The zero-order valence-electron chi connectivity index (χ0n) is 9.35. The van der Waals surface area contributed by atoms with Crippen LogP contribution in [0.5, 0.6) is 0 Å². The van der Waals surface area contributed by atoms with Crippen LogP contribution in [0.4, 0.5) is 8.78 Å². The number of ether oxygens (including phenoxy) is 2. The Labute approximate surface area is 102 Å². The zero-order chi connectivity index (χ0) is 12.5. The molecule has 0 atom stereocenters. The molecule has 94 valence electrons. The van der Waals surface area contributed by atoms with Crippen molar-refractivity contribution in [1.82, 2.24) is 9.78 Å². The molecule has 0 spiro atoms. The van der Waals surface area contributed by atoms with E-state index in [1.165, 1.54) is 29.1 Å². The molecule has 2 heterocycles. The Hall–Kier alpha value is -1.79. The van der Waals surface area contributed by atoms with Crippen LogP contribution in [0.15, 0.2) is 30.6 Å². The van der Waals surface area contributed by atoms with E-state index in [4.69, 9.17) is 9.47 Å². The minimum Gasteiger partial charge on any atom is -0.346 e. The number of rotatable bonds is 2. The van der Waals surface area contributed by atoms with Gasteiger partial charge in [0, 0.05) is 5.56 Å². The lowest BCUT2D eigenvalue weighted by atomic mass is 10.1. The molecule has 0 N–H and O–H groups in total. The third kappa shape index (κ3) is 2.00. The molecule has 0 amide bonds. The van der Waals surface area contributed by atoms with Crippen molar-refractivity contribution in [2.24, 2.45) is 0 Å². The van der Waals surface area contributed by atoms with Gasteiger partial charge in [-0.3, -0.25) is 0 Å². The Morgan fingerprint density at radius 3 is 2.61 bits per heavy atom. The highest BCUT2D eigenvalue weighted by Gasteiger charge is 2.23. The van der Waals surface area contributed by atoms with Gasteiger partial charge in [-0.2, -0.15) is 5.10 Å². The molecular weight excluding hydrogens is 242 g/mol. The van der Waals surface area contributed by atoms with Gasteiger partial charge in [0.1, 0.15) is 5.82 Å². The summed E-state index contributed by atoms with van der Waals surface area (Å²) in [5.74, 6) is -0.862. The third-order valence-corrected chi connectivity index (χ3v) is 2.66. The van der Waals surface area contributed by atoms with Crippen molar-refractivity contribution in [3.63, 3.8) is 0 Å². The molecule has 4 nitrogen and oxygen atoms in total. The maximum atomic E-state index is 13.3. The Morgan fingerprint density at radius 1 is 1.17 bits per heavy atom. The molecule has 2 aromatic rings. The average Bonchev–Trinajstić information content (AvgIpc) is 2.99. The maximum absolute atomic E-state index is 13.3. The summed E-state index contributed by atoms with van der Waals surface area (Å²) in [4.78, 5) is 0. The molecule has 0 aliphatic carbocycles. The molecule has 0 bridgehead atoms. The number of nitrogens with zero attached hydrogens (tertiary/aromatic N) is 2. The van der Waals surface area contributed by atoms with E-state index in [-0.39, 0.29) is 0 Å². The summed E-state index contributed by atoms with van der Waals surface area (Å²) in [6, 6.07) is 4.11. The molecule has 1 fully saturated rings. The van der Waals surface area contributed by atoms with Gasteiger partial charge in [-0.1, -0.05) is 0 Å². The van der Waals surface area contributed by atoms with Gasteiger partial charge in [-0.15, -0.1) is 0 Å². The molecule has 1 aliphatic rings. The summed E-state index contributed by atoms with van der Waals surface area (Å²) in [6.07, 6.45) is 1.66. The third-order valence-electron chi connectivity index (χ3n) is 2.66. The van der Waals surface area contributed by atoms with Crippen LogP contribution < -0.4 is 0 Å². The van der Waals surface area contributed by atoms with E-state index in [0.717, 1.165) is 6.20 Å². The lowest BCUT2D eigenvalue weighted by Gasteiger charge is -2.14. The highest BCUT2D eigenvalue weighted by molar-refractivity contribution is 5.41. The minimum atomic E-state index is -0.636. The van der Waals surface area contributed by atoms with E-state index in [9.17, 15) is 8.78 Å². The molecule has 18 heavy (non-hydrogen) atoms. The molecule has 3 rings (SSSR count). The molecule has 6 heteroatoms. The highest BCUT2D eigenvalue weighted by atomic mass is 19.1. The van der Waals surface area contributed by atoms with Gasteiger partial charge >= 0.3 is 0 Å². The van der Waals surface area contributed by atoms with Crippen LogP contribution >= 0.6 is 0 Å². The predicted octanol–water partition coefficient (Wildman–Crippen LogP) is 2.20. The molecule has 1 aliphatic heterocycles. The quantitative estimate of drug-likeness (QED) is 0.822. The summed E-state index contributed by atoms with van der Waals surface area (Å²) in [5, 5.41) is 3.86. The largest absolute Gasteiger partial charge is 0.346 e. The topological polar surface area (TPSA) is 36.3 Å². The van der Waals surface area contributed by atoms with Gasteiger partial charge in [0.15, 0.2) is 12.1 Å². The summed E-state index contributed by atoms with van der Waals surface area (Å²) < 4.78 is 38.3. The van der Waals surface area contributed by atoms with E-state index in [0.29, 0.717) is 24.5 Å². The first-order chi connectivity index (χ1) is 8.74. The molecule has 0 saturated carbocycles. The molecule has 0 radical (unpaired) electrons. The van der Waals surface area contributed by atoms with Crippen molar-refractivity contribution < 1.29 is 18.3 Å². The smallest absolute Gasteiger partial charge is 0.186 e. The van der Waals surface area contributed by atoms with E-state index in [1.54, 1.807) is 0 Å². The second kappa shape index (κ2) is 4.47. The Kier molecular flexibility index (Phi) is 2.81. The first-order valence-electron chi connectivity index (χ1n) is 5.47. The maximum Gasteiger partial charge on any atom is 0.186 e. The van der Waals surface area contributed by atoms with Crippen molar-refractivity contribution in [3.8, 4) is 5.69 Å². The van der Waals surface area contributed by atoms with E-state index < -0.39 is 17.9 Å². The first-order valence-corrected chi connectivity index (χ1v) is 5.47. The molecular formula is C12H10F2N2O2. The minimum absolute atomic E-state index is 0.402. The molecule has 1 saturated heterocycles. The Bertz CT molecular complexity index is 565. The zero-order valence-corrected chi connectivity index (χ0v) is 9.35. The summed E-state index contributed by atoms with van der Waals surface area (Å²) in [5.41, 5.74) is 1.03. The van der Waals surface area contributed by atoms with Crippen LogP contribution in [-0.4, -0.2) is 23.0 Å². The lowest BCUT2D eigenvalue weighted by Crippen LogP contribution is -2.06. The van der Waals surface area contributed by atoms with Crippen molar-refractivity contribution in [2.75, 3.05) is 13.2 Å². The first kappa shape index (κ1) is 11.3. The summed E-state index contributed by atoms with van der Waals surface area (Å²) in [6.45, 7) is 0.905. The van der Waals surface area contributed by atoms with Crippen molar-refractivity contribution in [1.29, 1.82) is 0 Å². The van der Waals surface area contributed by atoms with Gasteiger partial charge in [0.25, 0.3) is 0 Å². The van der Waals surface area contributed by atoms with Gasteiger partial charge in [0.05, 0.1) is 31.3 Å². The van der Waals surface area contributed by atoms with Gasteiger partial charge in [-0.25, -0.2) is 13.5 Å². The second-order valence-electron chi connectivity index (χ2n) is 3.88. The number of halogens is 2. The molecule has 1 aromatic carbocycles. The van der Waals surface area contributed by atoms with Gasteiger partial charge in [-0.05, 0) is 18.2 Å². The van der Waals surface area contributed by atoms with Crippen molar-refractivity contribution in [2.45, 2.75) is 6.29 Å². The Morgan fingerprint density at radius 2 is 1.94 bits per heavy atom. The number of aromatic nitrogens is 2. The standard InChI is InChI=1S/C12H10F2N2O2/c13-8-1-2-11(16-7-9(14)6-15-16)10(5-8)12-17-3-4-18-12/h1-2,5-7,12H,3-4H2. The van der Waals surface area contributed by atoms with Gasteiger partial charge < -0.3 is 9.47 Å². The fourth-order valence-corrected chi connectivity index (χ4v) is 1.89. The van der Waals surface area contributed by atoms with Crippen LogP contribution in [-0.2, 0) is 9.47 Å². The monoisotopic (exact) mass is 252 g/mol. The van der Waals surface area contributed by atoms with Crippen molar-refractivity contribution in [3.05, 3.63) is 47.8 Å². The second-order valence-corrected chi connectivity index (χ2v) is 3.88. The van der Waals surface area contributed by atoms with E-state index >= 15 is 0 Å². The highest BCUT2D eigenvalue weighted by Crippen LogP contribution is 2.29. The van der Waals surface area contributed by atoms with Crippen molar-refractivity contribution >= 4 is 0 Å². The summed E-state index contributed by atoms with van der Waals surface area (Å²) in [7, 11) is 0. The van der Waals surface area contributed by atoms with E-state index in [2.05, 4.69) is 5.10 Å². The van der Waals surface area contributed by atoms with Crippen LogP contribution in [0.2, 0.25) is 0 Å². The normalized spacial score (nSPS) is 16.3. The Balaban J connectivity index is 2.07. The molecule has 0 unspecified atom stereocenters. The SMILES string of the molecule is Fc1ccc(-n2cc(F)cn2)c(C2OCCO2)c1. The number of hydrogen-bond donors (Lipinski definition) is 0. The van der Waals surface area contributed by atoms with Crippen LogP contribution in [0, 0.1) is 11.6 Å². The fraction of sp³-hybridized carbons (Fsp3) is 0.250. The molecule has 1 aromatic heterocycles. The van der Waals surface area contributed by atoms with Gasteiger partial charge in [0.2, 0.25) is 0 Å². The average molecular weight is 252 g/mol. The van der Waals surface area contributed by atoms with Crippen LogP contribution in [0.3, 0.4) is 0 Å². The lowest BCUT2D eigenvalue weighted by molar-refractivity contribution is -0.0443. The van der Waals surface area contributed by atoms with Crippen LogP contribution in [0.1, 0.15) is 11.9 Å². The number of hydrogen-bond acceptors (Lipinski definition) is 3.